The van der Waals surface area contributed by atoms with E-state index < -0.39 is 0 Å². The van der Waals surface area contributed by atoms with Crippen molar-refractivity contribution in [2.24, 2.45) is 0 Å². The van der Waals surface area contributed by atoms with Crippen molar-refractivity contribution >= 4 is 12.0 Å². The number of carbonyl (C=O) groups is 1. The Labute approximate surface area is 142 Å². The molecule has 24 heavy (non-hydrogen) atoms. The van der Waals surface area contributed by atoms with Crippen molar-refractivity contribution in [1.82, 2.24) is 0 Å². The van der Waals surface area contributed by atoms with Crippen LogP contribution < -0.4 is 0 Å². The maximum Gasteiger partial charge on any atom is 0.306 e. The van der Waals surface area contributed by atoms with Crippen LogP contribution >= 0.6 is 0 Å². The van der Waals surface area contributed by atoms with E-state index in [-0.39, 0.29) is 24.0 Å². The fourth-order valence-corrected chi connectivity index (χ4v) is 2.37. The summed E-state index contributed by atoms with van der Waals surface area (Å²) in [6, 6.07) is 3.33. The molecule has 1 saturated heterocycles. The molecule has 0 N–H and O–H groups in total. The Kier molecular flexibility index (Phi) is 6.94. The molecule has 1 aromatic carbocycles. The van der Waals surface area contributed by atoms with Crippen molar-refractivity contribution in [2.45, 2.75) is 45.8 Å². The highest BCUT2D eigenvalue weighted by molar-refractivity contribution is 5.69. The quantitative estimate of drug-likeness (QED) is 0.506. The molecule has 0 saturated carbocycles. The molecule has 0 bridgehead atoms. The molecule has 5 heteroatoms. The second-order valence-electron chi connectivity index (χ2n) is 5.91. The minimum absolute atomic E-state index is 0.173. The third-order valence-corrected chi connectivity index (χ3v) is 3.85. The SMILES string of the molecule is CCOC(=O)CC/C=C/c1cc(C)c(F)cc1[C@@H](C)OC[C@H]1CO1. The van der Waals surface area contributed by atoms with Crippen LogP contribution in [0.15, 0.2) is 18.2 Å². The number of hydrogen-bond donors (Lipinski definition) is 0. The van der Waals surface area contributed by atoms with Gasteiger partial charge in [0.05, 0.1) is 25.9 Å². The van der Waals surface area contributed by atoms with E-state index in [0.29, 0.717) is 31.6 Å². The van der Waals surface area contributed by atoms with Crippen LogP contribution in [0.3, 0.4) is 0 Å². The van der Waals surface area contributed by atoms with E-state index in [1.165, 1.54) is 6.07 Å². The summed E-state index contributed by atoms with van der Waals surface area (Å²) in [5.41, 5.74) is 2.29. The summed E-state index contributed by atoms with van der Waals surface area (Å²) in [6.45, 7) is 7.07. The molecule has 0 unspecified atom stereocenters. The number of esters is 1. The van der Waals surface area contributed by atoms with E-state index in [4.69, 9.17) is 14.2 Å². The Balaban J connectivity index is 2.02. The molecule has 0 radical (unpaired) electrons. The lowest BCUT2D eigenvalue weighted by Gasteiger charge is -2.16. The average Bonchev–Trinajstić information content (AvgIpc) is 3.36. The number of carbonyl (C=O) groups excluding carboxylic acids is 1. The van der Waals surface area contributed by atoms with Crippen LogP contribution in [0.5, 0.6) is 0 Å². The van der Waals surface area contributed by atoms with Gasteiger partial charge in [0.1, 0.15) is 11.9 Å². The summed E-state index contributed by atoms with van der Waals surface area (Å²) < 4.78 is 29.7. The zero-order chi connectivity index (χ0) is 17.5. The van der Waals surface area contributed by atoms with Crippen LogP contribution in [0, 0.1) is 12.7 Å². The molecule has 2 rings (SSSR count). The maximum atomic E-state index is 13.9. The highest BCUT2D eigenvalue weighted by Crippen LogP contribution is 2.27. The molecule has 1 aliphatic rings. The molecule has 0 amide bonds. The number of halogens is 1. The molecule has 1 heterocycles. The fraction of sp³-hybridized carbons (Fsp3) is 0.526. The number of ether oxygens (including phenoxy) is 3. The maximum absolute atomic E-state index is 13.9. The third-order valence-electron chi connectivity index (χ3n) is 3.85. The van der Waals surface area contributed by atoms with Gasteiger partial charge in [-0.25, -0.2) is 4.39 Å². The number of epoxide rings is 1. The normalized spacial score (nSPS) is 17.9. The highest BCUT2D eigenvalue weighted by atomic mass is 19.1. The summed E-state index contributed by atoms with van der Waals surface area (Å²) in [5.74, 6) is -0.453. The van der Waals surface area contributed by atoms with Gasteiger partial charge in [-0.05, 0) is 56.0 Å². The van der Waals surface area contributed by atoms with Gasteiger partial charge in [0.15, 0.2) is 0 Å². The van der Waals surface area contributed by atoms with Gasteiger partial charge in [-0.15, -0.1) is 0 Å². The van der Waals surface area contributed by atoms with Gasteiger partial charge in [-0.3, -0.25) is 4.79 Å². The fourth-order valence-electron chi connectivity index (χ4n) is 2.37. The number of hydrogen-bond acceptors (Lipinski definition) is 4. The van der Waals surface area contributed by atoms with Crippen molar-refractivity contribution in [3.63, 3.8) is 0 Å². The first-order valence-electron chi connectivity index (χ1n) is 8.36. The van der Waals surface area contributed by atoms with Crippen LogP contribution in [0.2, 0.25) is 0 Å². The van der Waals surface area contributed by atoms with E-state index in [2.05, 4.69) is 0 Å². The number of aryl methyl sites for hydroxylation is 1. The van der Waals surface area contributed by atoms with Gasteiger partial charge in [0.25, 0.3) is 0 Å². The minimum Gasteiger partial charge on any atom is -0.466 e. The Bertz CT molecular complexity index is 593. The highest BCUT2D eigenvalue weighted by Gasteiger charge is 2.24. The monoisotopic (exact) mass is 336 g/mol. The molecular formula is C19H25FO4. The van der Waals surface area contributed by atoms with Gasteiger partial charge < -0.3 is 14.2 Å². The van der Waals surface area contributed by atoms with Gasteiger partial charge in [0, 0.05) is 6.42 Å². The van der Waals surface area contributed by atoms with Crippen LogP contribution in [-0.4, -0.2) is 31.9 Å². The zero-order valence-electron chi connectivity index (χ0n) is 14.5. The number of allylic oxidation sites excluding steroid dienone is 1. The molecule has 1 fully saturated rings. The van der Waals surface area contributed by atoms with Crippen LogP contribution in [0.4, 0.5) is 4.39 Å². The lowest BCUT2D eigenvalue weighted by Crippen LogP contribution is -2.08. The van der Waals surface area contributed by atoms with E-state index in [9.17, 15) is 9.18 Å². The lowest BCUT2D eigenvalue weighted by molar-refractivity contribution is -0.142. The van der Waals surface area contributed by atoms with E-state index in [1.54, 1.807) is 19.9 Å². The first-order valence-corrected chi connectivity index (χ1v) is 8.36. The van der Waals surface area contributed by atoms with Crippen molar-refractivity contribution in [2.75, 3.05) is 19.8 Å². The molecule has 4 nitrogen and oxygen atoms in total. The number of benzene rings is 1. The topological polar surface area (TPSA) is 48.1 Å². The van der Waals surface area contributed by atoms with Gasteiger partial charge in [-0.2, -0.15) is 0 Å². The lowest BCUT2D eigenvalue weighted by atomic mass is 9.99. The van der Waals surface area contributed by atoms with Crippen molar-refractivity contribution in [3.05, 3.63) is 40.7 Å². The molecule has 2 atom stereocenters. The third kappa shape index (κ3) is 5.73. The van der Waals surface area contributed by atoms with Gasteiger partial charge in [0.2, 0.25) is 0 Å². The molecular weight excluding hydrogens is 311 g/mol. The molecule has 1 aromatic rings. The molecule has 0 aliphatic carbocycles. The molecule has 1 aliphatic heterocycles. The smallest absolute Gasteiger partial charge is 0.306 e. The summed E-state index contributed by atoms with van der Waals surface area (Å²) in [4.78, 5) is 11.3. The average molecular weight is 336 g/mol. The predicted molar refractivity (Wildman–Crippen MR) is 90.1 cm³/mol. The van der Waals surface area contributed by atoms with Crippen molar-refractivity contribution < 1.29 is 23.4 Å². The molecule has 0 spiro atoms. The zero-order valence-corrected chi connectivity index (χ0v) is 14.5. The second-order valence-corrected chi connectivity index (χ2v) is 5.91. The van der Waals surface area contributed by atoms with Gasteiger partial charge in [-0.1, -0.05) is 12.2 Å². The largest absolute Gasteiger partial charge is 0.466 e. The standard InChI is InChI=1S/C19H25FO4/c1-4-22-19(21)8-6-5-7-15-9-13(2)18(20)10-17(15)14(3)23-11-16-12-24-16/h5,7,9-10,14,16H,4,6,8,11-12H2,1-3H3/b7-5+/t14-,16+/m1/s1. The first kappa shape index (κ1) is 18.6. The van der Waals surface area contributed by atoms with Crippen LogP contribution in [-0.2, 0) is 19.0 Å². The Morgan fingerprint density at radius 1 is 1.50 bits per heavy atom. The summed E-state index contributed by atoms with van der Waals surface area (Å²) in [5, 5.41) is 0. The molecule has 0 aromatic heterocycles. The van der Waals surface area contributed by atoms with E-state index >= 15 is 0 Å². The summed E-state index contributed by atoms with van der Waals surface area (Å²) >= 11 is 0. The predicted octanol–water partition coefficient (Wildman–Crippen LogP) is 3.97. The Morgan fingerprint density at radius 2 is 2.25 bits per heavy atom. The van der Waals surface area contributed by atoms with Crippen molar-refractivity contribution in [3.8, 4) is 0 Å². The van der Waals surface area contributed by atoms with E-state index in [1.807, 2.05) is 19.1 Å². The van der Waals surface area contributed by atoms with Crippen LogP contribution in [0.1, 0.15) is 49.5 Å². The van der Waals surface area contributed by atoms with Crippen LogP contribution in [0.25, 0.3) is 6.08 Å². The van der Waals surface area contributed by atoms with Crippen molar-refractivity contribution in [1.29, 1.82) is 0 Å². The van der Waals surface area contributed by atoms with Gasteiger partial charge >= 0.3 is 5.97 Å². The van der Waals surface area contributed by atoms with E-state index in [0.717, 1.165) is 17.7 Å². The Hall–Kier alpha value is -1.72. The summed E-state index contributed by atoms with van der Waals surface area (Å²) in [7, 11) is 0. The Morgan fingerprint density at radius 3 is 2.92 bits per heavy atom. The first-order chi connectivity index (χ1) is 11.5. The second kappa shape index (κ2) is 8.94. The minimum atomic E-state index is -0.244. The molecule has 132 valence electrons. The number of rotatable bonds is 9. The summed E-state index contributed by atoms with van der Waals surface area (Å²) in [6.07, 6.45) is 4.68.